The van der Waals surface area contributed by atoms with E-state index < -0.39 is 0 Å². The van der Waals surface area contributed by atoms with Crippen LogP contribution in [0.2, 0.25) is 0 Å². The minimum absolute atomic E-state index is 0.0340. The second kappa shape index (κ2) is 8.22. The zero-order chi connectivity index (χ0) is 13.4. The Balaban J connectivity index is 2.67. The Morgan fingerprint density at radius 1 is 1.28 bits per heavy atom. The molecule has 3 heteroatoms. The molecular weight excluding hydrogens is 229 g/mol. The summed E-state index contributed by atoms with van der Waals surface area (Å²) in [6.07, 6.45) is 1.82. The van der Waals surface area contributed by atoms with Gasteiger partial charge >= 0.3 is 0 Å². The Labute approximate surface area is 110 Å². The zero-order valence-electron chi connectivity index (χ0n) is 11.6. The van der Waals surface area contributed by atoms with Crippen molar-refractivity contribution in [2.45, 2.75) is 39.7 Å². The van der Waals surface area contributed by atoms with E-state index in [1.54, 1.807) is 12.1 Å². The molecule has 0 amide bonds. The number of hydrogen-bond acceptors (Lipinski definition) is 2. The van der Waals surface area contributed by atoms with Gasteiger partial charge in [0, 0.05) is 24.8 Å². The predicted octanol–water partition coefficient (Wildman–Crippen LogP) is 3.60. The van der Waals surface area contributed by atoms with Crippen LogP contribution >= 0.6 is 0 Å². The first-order valence-corrected chi connectivity index (χ1v) is 6.76. The van der Waals surface area contributed by atoms with Gasteiger partial charge < -0.3 is 10.1 Å². The van der Waals surface area contributed by atoms with Crippen LogP contribution < -0.4 is 5.32 Å². The smallest absolute Gasteiger partial charge is 0.127 e. The third-order valence-electron chi connectivity index (χ3n) is 2.88. The highest BCUT2D eigenvalue weighted by Gasteiger charge is 2.14. The number of ether oxygens (including phenoxy) is 1. The van der Waals surface area contributed by atoms with Gasteiger partial charge in [-0.1, -0.05) is 31.5 Å². The van der Waals surface area contributed by atoms with Crippen molar-refractivity contribution in [2.24, 2.45) is 0 Å². The third kappa shape index (κ3) is 4.75. The fourth-order valence-corrected chi connectivity index (χ4v) is 1.99. The molecule has 0 heterocycles. The first-order chi connectivity index (χ1) is 8.69. The molecule has 0 saturated heterocycles. The number of rotatable bonds is 8. The van der Waals surface area contributed by atoms with E-state index in [-0.39, 0.29) is 11.9 Å². The van der Waals surface area contributed by atoms with Crippen molar-refractivity contribution in [3.63, 3.8) is 0 Å². The molecule has 1 N–H and O–H groups in total. The molecule has 0 saturated carbocycles. The topological polar surface area (TPSA) is 21.3 Å². The van der Waals surface area contributed by atoms with Crippen LogP contribution in [0.3, 0.4) is 0 Å². The van der Waals surface area contributed by atoms with Gasteiger partial charge in [0.25, 0.3) is 0 Å². The normalized spacial score (nSPS) is 12.7. The lowest BCUT2D eigenvalue weighted by atomic mass is 10.0. The molecule has 102 valence electrons. The minimum atomic E-state index is -0.137. The van der Waals surface area contributed by atoms with E-state index in [1.165, 1.54) is 0 Å². The van der Waals surface area contributed by atoms with Crippen LogP contribution in [-0.4, -0.2) is 19.8 Å². The quantitative estimate of drug-likeness (QED) is 0.715. The highest BCUT2D eigenvalue weighted by atomic mass is 19.1. The molecule has 0 spiro atoms. The average Bonchev–Trinajstić information content (AvgIpc) is 2.36. The van der Waals surface area contributed by atoms with Crippen molar-refractivity contribution >= 4 is 0 Å². The summed E-state index contributed by atoms with van der Waals surface area (Å²) in [7, 11) is 0. The zero-order valence-corrected chi connectivity index (χ0v) is 11.6. The first-order valence-electron chi connectivity index (χ1n) is 6.76. The van der Waals surface area contributed by atoms with E-state index in [2.05, 4.69) is 12.2 Å². The van der Waals surface area contributed by atoms with Crippen molar-refractivity contribution < 1.29 is 9.13 Å². The molecule has 0 aliphatic heterocycles. The molecule has 0 bridgehead atoms. The van der Waals surface area contributed by atoms with Crippen LogP contribution in [0, 0.1) is 12.7 Å². The van der Waals surface area contributed by atoms with Crippen LogP contribution in [-0.2, 0) is 4.74 Å². The third-order valence-corrected chi connectivity index (χ3v) is 2.88. The van der Waals surface area contributed by atoms with Gasteiger partial charge in [-0.3, -0.25) is 0 Å². The van der Waals surface area contributed by atoms with Gasteiger partial charge in [0.15, 0.2) is 0 Å². The van der Waals surface area contributed by atoms with Gasteiger partial charge in [0.05, 0.1) is 0 Å². The summed E-state index contributed by atoms with van der Waals surface area (Å²) in [5, 5.41) is 3.32. The Morgan fingerprint density at radius 3 is 2.72 bits per heavy atom. The van der Waals surface area contributed by atoms with Crippen LogP contribution in [0.25, 0.3) is 0 Å². The summed E-state index contributed by atoms with van der Waals surface area (Å²) >= 11 is 0. The maximum Gasteiger partial charge on any atom is 0.127 e. The lowest BCUT2D eigenvalue weighted by molar-refractivity contribution is 0.124. The number of aryl methyl sites for hydroxylation is 1. The summed E-state index contributed by atoms with van der Waals surface area (Å²) in [5.74, 6) is -0.137. The largest absolute Gasteiger partial charge is 0.381 e. The van der Waals surface area contributed by atoms with Crippen LogP contribution in [0.1, 0.15) is 43.9 Å². The lowest BCUT2D eigenvalue weighted by Crippen LogP contribution is -2.23. The Kier molecular flexibility index (Phi) is 6.91. The fraction of sp³-hybridized carbons (Fsp3) is 0.600. The van der Waals surface area contributed by atoms with E-state index in [0.717, 1.165) is 37.1 Å². The highest BCUT2D eigenvalue weighted by molar-refractivity contribution is 5.26. The lowest BCUT2D eigenvalue weighted by Gasteiger charge is -2.19. The van der Waals surface area contributed by atoms with Gasteiger partial charge in [-0.15, -0.1) is 0 Å². The van der Waals surface area contributed by atoms with Crippen molar-refractivity contribution in [3.8, 4) is 0 Å². The van der Waals surface area contributed by atoms with E-state index in [4.69, 9.17) is 4.74 Å². The van der Waals surface area contributed by atoms with Crippen LogP contribution in [0.5, 0.6) is 0 Å². The van der Waals surface area contributed by atoms with Gasteiger partial charge in [-0.05, 0) is 32.4 Å². The number of nitrogens with one attached hydrogen (secondary N) is 1. The molecule has 1 unspecified atom stereocenters. The number of benzene rings is 1. The Bertz CT molecular complexity index is 354. The van der Waals surface area contributed by atoms with E-state index in [1.807, 2.05) is 19.9 Å². The van der Waals surface area contributed by atoms with Crippen LogP contribution in [0.15, 0.2) is 18.2 Å². The maximum atomic E-state index is 13.8. The molecule has 0 radical (unpaired) electrons. The minimum Gasteiger partial charge on any atom is -0.381 e. The van der Waals surface area contributed by atoms with E-state index in [0.29, 0.717) is 6.61 Å². The monoisotopic (exact) mass is 253 g/mol. The molecule has 2 nitrogen and oxygen atoms in total. The molecule has 0 aliphatic carbocycles. The Hall–Kier alpha value is -0.930. The van der Waals surface area contributed by atoms with Gasteiger partial charge in [0.2, 0.25) is 0 Å². The molecule has 18 heavy (non-hydrogen) atoms. The molecule has 1 atom stereocenters. The molecule has 0 fully saturated rings. The van der Waals surface area contributed by atoms with Gasteiger partial charge in [-0.25, -0.2) is 4.39 Å². The summed E-state index contributed by atoms with van der Waals surface area (Å²) in [4.78, 5) is 0. The van der Waals surface area contributed by atoms with Crippen molar-refractivity contribution in [1.82, 2.24) is 5.32 Å². The van der Waals surface area contributed by atoms with Crippen molar-refractivity contribution in [2.75, 3.05) is 19.8 Å². The van der Waals surface area contributed by atoms with E-state index in [9.17, 15) is 4.39 Å². The van der Waals surface area contributed by atoms with Crippen LogP contribution in [0.4, 0.5) is 4.39 Å². The van der Waals surface area contributed by atoms with E-state index >= 15 is 0 Å². The second-order valence-electron chi connectivity index (χ2n) is 4.54. The van der Waals surface area contributed by atoms with Crippen molar-refractivity contribution in [1.29, 1.82) is 0 Å². The van der Waals surface area contributed by atoms with Gasteiger partial charge in [-0.2, -0.15) is 0 Å². The summed E-state index contributed by atoms with van der Waals surface area (Å²) in [6, 6.07) is 5.30. The second-order valence-corrected chi connectivity index (χ2v) is 4.54. The fourth-order valence-electron chi connectivity index (χ4n) is 1.99. The number of halogens is 1. The maximum absolute atomic E-state index is 13.8. The number of hydrogen-bond donors (Lipinski definition) is 1. The van der Waals surface area contributed by atoms with Gasteiger partial charge in [0.1, 0.15) is 5.82 Å². The predicted molar refractivity (Wildman–Crippen MR) is 73.3 cm³/mol. The van der Waals surface area contributed by atoms with Crippen molar-refractivity contribution in [3.05, 3.63) is 35.1 Å². The molecule has 1 aromatic rings. The summed E-state index contributed by atoms with van der Waals surface area (Å²) in [6.45, 7) is 8.37. The summed E-state index contributed by atoms with van der Waals surface area (Å²) < 4.78 is 19.3. The molecular formula is C15H24FNO. The SMILES string of the molecule is CCCOCCC(NCC)c1cc(C)ccc1F. The first kappa shape index (κ1) is 15.1. The standard InChI is InChI=1S/C15H24FNO/c1-4-9-18-10-8-15(17-5-2)13-11-12(3)6-7-14(13)16/h6-7,11,15,17H,4-5,8-10H2,1-3H3. The molecule has 1 aromatic carbocycles. The highest BCUT2D eigenvalue weighted by Crippen LogP contribution is 2.21. The molecule has 0 aliphatic rings. The Morgan fingerprint density at radius 2 is 2.06 bits per heavy atom. The average molecular weight is 253 g/mol. The summed E-state index contributed by atoms with van der Waals surface area (Å²) in [5.41, 5.74) is 1.83. The molecule has 0 aromatic heterocycles. The molecule has 1 rings (SSSR count).